The second-order valence-electron chi connectivity index (χ2n) is 8.21. The summed E-state index contributed by atoms with van der Waals surface area (Å²) in [4.78, 5) is 32.1. The fraction of sp³-hybridized carbons (Fsp3) is 0.375. The van der Waals surface area contributed by atoms with Crippen LogP contribution in [0.5, 0.6) is 11.5 Å². The number of fused-ring (bicyclic) bond motifs is 1. The Morgan fingerprint density at radius 3 is 2.64 bits per heavy atom. The predicted molar refractivity (Wildman–Crippen MR) is 122 cm³/mol. The molecule has 1 saturated heterocycles. The number of ether oxygens (including phenoxy) is 2. The molecule has 2 aliphatic heterocycles. The number of hydrogen-bond acceptors (Lipinski definition) is 8. The minimum atomic E-state index is 0.132. The zero-order chi connectivity index (χ0) is 22.5. The second kappa shape index (κ2) is 9.81. The maximum absolute atomic E-state index is 12.9. The molecule has 1 amide bonds. The number of rotatable bonds is 5. The molecule has 0 bridgehead atoms. The number of piperidine rings is 1. The molecule has 0 radical (unpaired) electrons. The van der Waals surface area contributed by atoms with Crippen LogP contribution in [0.1, 0.15) is 36.4 Å². The van der Waals surface area contributed by atoms with Gasteiger partial charge in [-0.25, -0.2) is 9.97 Å². The lowest BCUT2D eigenvalue weighted by Crippen LogP contribution is -2.39. The van der Waals surface area contributed by atoms with Gasteiger partial charge in [0.25, 0.3) is 0 Å². The molecule has 5 rings (SSSR count). The van der Waals surface area contributed by atoms with E-state index in [1.165, 1.54) is 0 Å². The highest BCUT2D eigenvalue weighted by atomic mass is 16.5. The van der Waals surface area contributed by atoms with Crippen LogP contribution in [0.15, 0.2) is 49.2 Å². The number of amides is 1. The molecule has 9 nitrogen and oxygen atoms in total. The Balaban J connectivity index is 1.17. The normalized spacial score (nSPS) is 16.2. The highest BCUT2D eigenvalue weighted by molar-refractivity contribution is 5.79. The van der Waals surface area contributed by atoms with Gasteiger partial charge in [-0.05, 0) is 30.5 Å². The van der Waals surface area contributed by atoms with E-state index in [2.05, 4.69) is 20.3 Å². The molecule has 0 atom stereocenters. The smallest absolute Gasteiger partial charge is 0.226 e. The van der Waals surface area contributed by atoms with Gasteiger partial charge in [0, 0.05) is 44.0 Å². The number of nitrogens with one attached hydrogen (secondary N) is 1. The van der Waals surface area contributed by atoms with Crippen molar-refractivity contribution in [2.75, 3.05) is 31.6 Å². The van der Waals surface area contributed by atoms with E-state index in [-0.39, 0.29) is 11.8 Å². The van der Waals surface area contributed by atoms with Gasteiger partial charge in [-0.2, -0.15) is 0 Å². The number of carbonyl (C=O) groups excluding carboxylic acids is 1. The van der Waals surface area contributed by atoms with Gasteiger partial charge in [0.15, 0.2) is 11.5 Å². The fourth-order valence-corrected chi connectivity index (χ4v) is 4.16. The number of carbonyl (C=O) groups is 1. The van der Waals surface area contributed by atoms with Crippen LogP contribution in [0.3, 0.4) is 0 Å². The van der Waals surface area contributed by atoms with Crippen molar-refractivity contribution < 1.29 is 14.3 Å². The van der Waals surface area contributed by atoms with Crippen molar-refractivity contribution in [1.82, 2.24) is 24.8 Å². The van der Waals surface area contributed by atoms with Crippen LogP contribution in [0, 0.1) is 0 Å². The van der Waals surface area contributed by atoms with Crippen molar-refractivity contribution in [1.29, 1.82) is 0 Å². The molecule has 0 saturated carbocycles. The fourth-order valence-electron chi connectivity index (χ4n) is 4.16. The number of hydrogen-bond donors (Lipinski definition) is 1. The van der Waals surface area contributed by atoms with Gasteiger partial charge in [0.05, 0.1) is 37.7 Å². The molecule has 1 N–H and O–H groups in total. The zero-order valence-electron chi connectivity index (χ0n) is 18.3. The van der Waals surface area contributed by atoms with Crippen molar-refractivity contribution >= 4 is 17.5 Å². The Morgan fingerprint density at radius 1 is 1.00 bits per heavy atom. The van der Waals surface area contributed by atoms with Crippen LogP contribution in [-0.2, 0) is 11.2 Å². The summed E-state index contributed by atoms with van der Waals surface area (Å²) in [5.41, 5.74) is 1.87. The van der Waals surface area contributed by atoms with E-state index in [0.29, 0.717) is 44.4 Å². The molecule has 170 valence electrons. The van der Waals surface area contributed by atoms with Crippen molar-refractivity contribution in [2.24, 2.45) is 0 Å². The maximum Gasteiger partial charge on any atom is 0.226 e. The minimum absolute atomic E-state index is 0.132. The third kappa shape index (κ3) is 5.19. The number of benzene rings is 1. The molecule has 1 fully saturated rings. The van der Waals surface area contributed by atoms with Crippen molar-refractivity contribution in [2.45, 2.75) is 31.6 Å². The monoisotopic (exact) mass is 446 g/mol. The Bertz CT molecular complexity index is 1100. The number of aromatic nitrogens is 4. The molecular formula is C24H26N6O3. The predicted octanol–water partition coefficient (Wildman–Crippen LogP) is 3.12. The van der Waals surface area contributed by atoms with Gasteiger partial charge < -0.3 is 19.7 Å². The second-order valence-corrected chi connectivity index (χ2v) is 8.21. The van der Waals surface area contributed by atoms with E-state index in [1.54, 1.807) is 24.8 Å². The van der Waals surface area contributed by atoms with Gasteiger partial charge in [-0.3, -0.25) is 14.8 Å². The van der Waals surface area contributed by atoms with Crippen molar-refractivity contribution in [3.05, 3.63) is 60.4 Å². The Morgan fingerprint density at radius 2 is 1.82 bits per heavy atom. The van der Waals surface area contributed by atoms with E-state index in [4.69, 9.17) is 14.5 Å². The van der Waals surface area contributed by atoms with Gasteiger partial charge >= 0.3 is 0 Å². The molecule has 1 aromatic carbocycles. The van der Waals surface area contributed by atoms with Crippen molar-refractivity contribution in [3.63, 3.8) is 0 Å². The summed E-state index contributed by atoms with van der Waals surface area (Å²) in [5, 5.41) is 3.13. The van der Waals surface area contributed by atoms with Crippen LogP contribution in [-0.4, -0.2) is 57.0 Å². The minimum Gasteiger partial charge on any atom is -0.490 e. The zero-order valence-corrected chi connectivity index (χ0v) is 18.3. The van der Waals surface area contributed by atoms with E-state index in [1.807, 2.05) is 29.3 Å². The first kappa shape index (κ1) is 21.1. The molecule has 2 aliphatic rings. The van der Waals surface area contributed by atoms with E-state index >= 15 is 0 Å². The van der Waals surface area contributed by atoms with E-state index in [0.717, 1.165) is 42.0 Å². The Labute approximate surface area is 192 Å². The Kier molecular flexibility index (Phi) is 6.27. The summed E-state index contributed by atoms with van der Waals surface area (Å²) in [6.07, 6.45) is 11.3. The van der Waals surface area contributed by atoms with Gasteiger partial charge in [0.1, 0.15) is 11.6 Å². The largest absolute Gasteiger partial charge is 0.490 e. The van der Waals surface area contributed by atoms with E-state index < -0.39 is 0 Å². The number of nitrogens with zero attached hydrogens (tertiary/aromatic N) is 5. The first-order valence-corrected chi connectivity index (χ1v) is 11.3. The summed E-state index contributed by atoms with van der Waals surface area (Å²) in [5.74, 6) is 3.14. The molecule has 9 heteroatoms. The highest BCUT2D eigenvalue weighted by Gasteiger charge is 2.25. The van der Waals surface area contributed by atoms with Gasteiger partial charge in [0.2, 0.25) is 5.91 Å². The van der Waals surface area contributed by atoms with Crippen LogP contribution in [0.2, 0.25) is 0 Å². The SMILES string of the molecule is O=C(Cc1ccc2c(c1)OCCCO2)N1CCC(c2cncc(Nc3cnccn3)n2)CC1. The lowest BCUT2D eigenvalue weighted by molar-refractivity contribution is -0.131. The average Bonchev–Trinajstić information content (AvgIpc) is 3.10. The molecule has 4 heterocycles. The summed E-state index contributed by atoms with van der Waals surface area (Å²) in [6, 6.07) is 5.77. The van der Waals surface area contributed by atoms with Gasteiger partial charge in [-0.1, -0.05) is 6.07 Å². The van der Waals surface area contributed by atoms with Crippen molar-refractivity contribution in [3.8, 4) is 11.5 Å². The first-order valence-electron chi connectivity index (χ1n) is 11.3. The molecule has 3 aromatic rings. The van der Waals surface area contributed by atoms with Gasteiger partial charge in [-0.15, -0.1) is 0 Å². The third-order valence-corrected chi connectivity index (χ3v) is 5.91. The Hall–Kier alpha value is -3.75. The van der Waals surface area contributed by atoms with Crippen LogP contribution >= 0.6 is 0 Å². The topological polar surface area (TPSA) is 102 Å². The maximum atomic E-state index is 12.9. The first-order chi connectivity index (χ1) is 16.2. The average molecular weight is 447 g/mol. The number of likely N-dealkylation sites (tertiary alicyclic amines) is 1. The molecular weight excluding hydrogens is 420 g/mol. The molecule has 33 heavy (non-hydrogen) atoms. The molecule has 0 unspecified atom stereocenters. The van der Waals surface area contributed by atoms with E-state index in [9.17, 15) is 4.79 Å². The lowest BCUT2D eigenvalue weighted by Gasteiger charge is -2.32. The standard InChI is InChI=1S/C24H26N6O3/c31-24(13-17-2-3-20-21(12-17)33-11-1-10-32-20)30-8-4-18(5-9-30)19-14-26-16-23(28-19)29-22-15-25-6-7-27-22/h2-3,6-7,12,14-16,18H,1,4-5,8-11,13H2,(H,27,28,29). The summed E-state index contributed by atoms with van der Waals surface area (Å²) < 4.78 is 11.4. The third-order valence-electron chi connectivity index (χ3n) is 5.91. The molecule has 2 aromatic heterocycles. The number of anilines is 2. The summed E-state index contributed by atoms with van der Waals surface area (Å²) >= 11 is 0. The van der Waals surface area contributed by atoms with Crippen LogP contribution in [0.25, 0.3) is 0 Å². The highest BCUT2D eigenvalue weighted by Crippen LogP contribution is 2.31. The summed E-state index contributed by atoms with van der Waals surface area (Å²) in [6.45, 7) is 2.70. The molecule has 0 spiro atoms. The summed E-state index contributed by atoms with van der Waals surface area (Å²) in [7, 11) is 0. The lowest BCUT2D eigenvalue weighted by atomic mass is 9.93. The molecule has 0 aliphatic carbocycles. The quantitative estimate of drug-likeness (QED) is 0.638. The van der Waals surface area contributed by atoms with Crippen LogP contribution in [0.4, 0.5) is 11.6 Å². The van der Waals surface area contributed by atoms with Crippen LogP contribution < -0.4 is 14.8 Å².